The summed E-state index contributed by atoms with van der Waals surface area (Å²) in [5, 5.41) is 7.61. The van der Waals surface area contributed by atoms with Gasteiger partial charge in [0.25, 0.3) is 0 Å². The molecule has 130 valence electrons. The molecule has 23 heavy (non-hydrogen) atoms. The number of rotatable bonds is 6. The number of guanidine groups is 1. The van der Waals surface area contributed by atoms with Gasteiger partial charge in [-0.05, 0) is 37.7 Å². The molecule has 5 nitrogen and oxygen atoms in total. The second-order valence-electron chi connectivity index (χ2n) is 5.40. The fourth-order valence-electron chi connectivity index (χ4n) is 2.65. The molecule has 1 saturated carbocycles. The van der Waals surface area contributed by atoms with Crippen molar-refractivity contribution >= 4 is 41.7 Å². The van der Waals surface area contributed by atoms with Crippen molar-refractivity contribution in [3.63, 3.8) is 0 Å². The largest absolute Gasteiger partial charge is 0.490 e. The maximum absolute atomic E-state index is 5.61. The summed E-state index contributed by atoms with van der Waals surface area (Å²) in [6.07, 6.45) is 10.7. The Morgan fingerprint density at radius 3 is 3.04 bits per heavy atom. The van der Waals surface area contributed by atoms with Gasteiger partial charge in [0.2, 0.25) is 0 Å². The second kappa shape index (κ2) is 11.8. The second-order valence-corrected chi connectivity index (χ2v) is 6.54. The molecule has 0 amide bonds. The molecule has 0 aromatic carbocycles. The van der Waals surface area contributed by atoms with Gasteiger partial charge in [-0.1, -0.05) is 6.42 Å². The van der Waals surface area contributed by atoms with Crippen LogP contribution in [0.1, 0.15) is 25.7 Å². The molecule has 1 aliphatic rings. The first-order valence-corrected chi connectivity index (χ1v) is 9.13. The molecule has 1 aromatic heterocycles. The van der Waals surface area contributed by atoms with Crippen LogP contribution in [0.3, 0.4) is 0 Å². The van der Waals surface area contributed by atoms with Gasteiger partial charge in [0.1, 0.15) is 12.4 Å². The molecule has 2 unspecified atom stereocenters. The molecule has 7 heteroatoms. The number of ether oxygens (including phenoxy) is 1. The van der Waals surface area contributed by atoms with Crippen molar-refractivity contribution in [2.24, 2.45) is 4.99 Å². The van der Waals surface area contributed by atoms with Crippen LogP contribution in [-0.4, -0.2) is 48.7 Å². The van der Waals surface area contributed by atoms with Crippen molar-refractivity contribution in [1.29, 1.82) is 0 Å². The van der Waals surface area contributed by atoms with Crippen LogP contribution in [0.2, 0.25) is 0 Å². The van der Waals surface area contributed by atoms with Crippen LogP contribution >= 0.6 is 35.7 Å². The van der Waals surface area contributed by atoms with Crippen LogP contribution in [0.4, 0.5) is 0 Å². The topological polar surface area (TPSA) is 58.5 Å². The number of nitrogens with zero attached hydrogens (tertiary/aromatic N) is 2. The van der Waals surface area contributed by atoms with E-state index in [-0.39, 0.29) is 24.0 Å². The fraction of sp³-hybridized carbons (Fsp3) is 0.625. The zero-order valence-corrected chi connectivity index (χ0v) is 17.0. The van der Waals surface area contributed by atoms with Gasteiger partial charge in [-0.15, -0.1) is 24.0 Å². The Kier molecular flexibility index (Phi) is 10.4. The molecule has 0 aliphatic heterocycles. The molecule has 1 aromatic rings. The minimum atomic E-state index is 0. The van der Waals surface area contributed by atoms with Gasteiger partial charge >= 0.3 is 0 Å². The molecule has 0 radical (unpaired) electrons. The summed E-state index contributed by atoms with van der Waals surface area (Å²) in [6.45, 7) is 1.30. The number of aromatic nitrogens is 1. The quantitative estimate of drug-likeness (QED) is 0.302. The van der Waals surface area contributed by atoms with E-state index < -0.39 is 0 Å². The first kappa shape index (κ1) is 20.3. The standard InChI is InChI=1S/C16H26N4OS.HI/c1-17-16(20-13-5-3-7-15(11-13)22-2)19-9-10-21-14-6-4-8-18-12-14;/h4,6,8,12-13,15H,3,5,7,9-11H2,1-2H3,(H2,17,19,20);1H. The van der Waals surface area contributed by atoms with Gasteiger partial charge < -0.3 is 15.4 Å². The summed E-state index contributed by atoms with van der Waals surface area (Å²) in [5.74, 6) is 1.66. The number of thioether (sulfide) groups is 1. The van der Waals surface area contributed by atoms with Crippen molar-refractivity contribution in [3.05, 3.63) is 24.5 Å². The SMILES string of the molecule is CN=C(NCCOc1cccnc1)NC1CCCC(SC)C1.I. The summed E-state index contributed by atoms with van der Waals surface area (Å²) in [6, 6.07) is 4.30. The van der Waals surface area contributed by atoms with Gasteiger partial charge in [0, 0.05) is 24.5 Å². The Balaban J connectivity index is 0.00000264. The summed E-state index contributed by atoms with van der Waals surface area (Å²) in [7, 11) is 1.81. The average molecular weight is 450 g/mol. The lowest BCUT2D eigenvalue weighted by Crippen LogP contribution is -2.46. The van der Waals surface area contributed by atoms with E-state index in [2.05, 4.69) is 26.9 Å². The highest BCUT2D eigenvalue weighted by Crippen LogP contribution is 2.26. The Bertz CT molecular complexity index is 461. The number of aliphatic imine (C=N–C) groups is 1. The monoisotopic (exact) mass is 450 g/mol. The van der Waals surface area contributed by atoms with Crippen molar-refractivity contribution in [2.45, 2.75) is 37.0 Å². The van der Waals surface area contributed by atoms with E-state index in [0.29, 0.717) is 19.2 Å². The summed E-state index contributed by atoms with van der Waals surface area (Å²) in [5.41, 5.74) is 0. The normalized spacial score (nSPS) is 21.2. The summed E-state index contributed by atoms with van der Waals surface area (Å²) >= 11 is 1.98. The van der Waals surface area contributed by atoms with Crippen LogP contribution in [0, 0.1) is 0 Å². The predicted octanol–water partition coefficient (Wildman–Crippen LogP) is 2.92. The van der Waals surface area contributed by atoms with Crippen LogP contribution in [-0.2, 0) is 0 Å². The Hall–Kier alpha value is -0.700. The molecule has 2 rings (SSSR count). The van der Waals surface area contributed by atoms with E-state index in [1.54, 1.807) is 12.4 Å². The smallest absolute Gasteiger partial charge is 0.191 e. The molecule has 0 spiro atoms. The molecule has 0 bridgehead atoms. The maximum atomic E-state index is 5.61. The van der Waals surface area contributed by atoms with Crippen molar-refractivity contribution in [3.8, 4) is 5.75 Å². The Morgan fingerprint density at radius 1 is 1.48 bits per heavy atom. The van der Waals surface area contributed by atoms with E-state index in [1.807, 2.05) is 30.9 Å². The minimum absolute atomic E-state index is 0. The molecule has 2 N–H and O–H groups in total. The molecular formula is C16H27IN4OS. The molecule has 1 aliphatic carbocycles. The van der Waals surface area contributed by atoms with Crippen molar-refractivity contribution < 1.29 is 4.74 Å². The third kappa shape index (κ3) is 7.60. The van der Waals surface area contributed by atoms with Gasteiger partial charge in [0.15, 0.2) is 5.96 Å². The Labute approximate surface area is 160 Å². The van der Waals surface area contributed by atoms with Crippen LogP contribution in [0.15, 0.2) is 29.5 Å². The average Bonchev–Trinajstić information content (AvgIpc) is 2.58. The third-order valence-electron chi connectivity index (χ3n) is 3.82. The van der Waals surface area contributed by atoms with E-state index in [1.165, 1.54) is 25.7 Å². The number of hydrogen-bond donors (Lipinski definition) is 2. The van der Waals surface area contributed by atoms with Crippen molar-refractivity contribution in [2.75, 3.05) is 26.5 Å². The molecule has 1 heterocycles. The zero-order chi connectivity index (χ0) is 15.6. The summed E-state index contributed by atoms with van der Waals surface area (Å²) < 4.78 is 5.61. The predicted molar refractivity (Wildman–Crippen MR) is 109 cm³/mol. The maximum Gasteiger partial charge on any atom is 0.191 e. The lowest BCUT2D eigenvalue weighted by atomic mass is 9.95. The lowest BCUT2D eigenvalue weighted by Gasteiger charge is -2.29. The Morgan fingerprint density at radius 2 is 2.35 bits per heavy atom. The molecule has 2 atom stereocenters. The highest BCUT2D eigenvalue weighted by molar-refractivity contribution is 14.0. The van der Waals surface area contributed by atoms with E-state index in [4.69, 9.17) is 4.74 Å². The summed E-state index contributed by atoms with van der Waals surface area (Å²) in [4.78, 5) is 8.32. The molecule has 0 saturated heterocycles. The van der Waals surface area contributed by atoms with E-state index in [9.17, 15) is 0 Å². The number of hydrogen-bond acceptors (Lipinski definition) is 4. The van der Waals surface area contributed by atoms with Crippen molar-refractivity contribution in [1.82, 2.24) is 15.6 Å². The lowest BCUT2D eigenvalue weighted by molar-refractivity contribution is 0.320. The van der Waals surface area contributed by atoms with Crippen LogP contribution in [0.25, 0.3) is 0 Å². The van der Waals surface area contributed by atoms with E-state index >= 15 is 0 Å². The zero-order valence-electron chi connectivity index (χ0n) is 13.8. The highest BCUT2D eigenvalue weighted by atomic mass is 127. The molecular weight excluding hydrogens is 423 g/mol. The first-order valence-electron chi connectivity index (χ1n) is 7.84. The highest BCUT2D eigenvalue weighted by Gasteiger charge is 2.21. The molecule has 1 fully saturated rings. The number of pyridine rings is 1. The van der Waals surface area contributed by atoms with Crippen LogP contribution in [0.5, 0.6) is 5.75 Å². The number of nitrogens with one attached hydrogen (secondary N) is 2. The van der Waals surface area contributed by atoms with Gasteiger partial charge in [-0.25, -0.2) is 0 Å². The minimum Gasteiger partial charge on any atom is -0.490 e. The van der Waals surface area contributed by atoms with Gasteiger partial charge in [-0.2, -0.15) is 11.8 Å². The van der Waals surface area contributed by atoms with E-state index in [0.717, 1.165) is 17.0 Å². The van der Waals surface area contributed by atoms with Crippen LogP contribution < -0.4 is 15.4 Å². The number of halogens is 1. The fourth-order valence-corrected chi connectivity index (χ4v) is 3.48. The third-order valence-corrected chi connectivity index (χ3v) is 4.92. The van der Waals surface area contributed by atoms with Gasteiger partial charge in [0.05, 0.1) is 12.7 Å². The first-order chi connectivity index (χ1) is 10.8. The van der Waals surface area contributed by atoms with Gasteiger partial charge in [-0.3, -0.25) is 9.98 Å².